The summed E-state index contributed by atoms with van der Waals surface area (Å²) in [6, 6.07) is 0. The maximum atomic E-state index is 10.3. The topological polar surface area (TPSA) is 132 Å². The number of hydrogen-bond acceptors (Lipinski definition) is 4. The Labute approximate surface area is 72.2 Å². The van der Waals surface area contributed by atoms with Crippen molar-refractivity contribution in [3.63, 3.8) is 0 Å². The first-order valence-corrected chi connectivity index (χ1v) is 3.17. The summed E-state index contributed by atoms with van der Waals surface area (Å²) in [7, 11) is 0. The Hall–Kier alpha value is -1.63. The van der Waals surface area contributed by atoms with E-state index in [1.54, 1.807) is 0 Å². The average Bonchev–Trinajstić information content (AvgIpc) is 1.82. The van der Waals surface area contributed by atoms with Gasteiger partial charge in [-0.15, -0.1) is 0 Å². The highest BCUT2D eigenvalue weighted by atomic mass is 16.5. The van der Waals surface area contributed by atoms with Crippen LogP contribution in [0, 0.1) is 0 Å². The highest BCUT2D eigenvalue weighted by Gasteiger charge is 2.40. The van der Waals surface area contributed by atoms with Gasteiger partial charge < -0.3 is 20.4 Å². The molecule has 0 unspecified atom stereocenters. The van der Waals surface area contributed by atoms with E-state index in [4.69, 9.17) is 20.4 Å². The molecule has 0 amide bonds. The predicted molar refractivity (Wildman–Crippen MR) is 37.1 cm³/mol. The van der Waals surface area contributed by atoms with E-state index < -0.39 is 36.4 Å². The first kappa shape index (κ1) is 11.4. The van der Waals surface area contributed by atoms with Crippen LogP contribution in [-0.4, -0.2) is 43.9 Å². The van der Waals surface area contributed by atoms with Crippen LogP contribution in [0.25, 0.3) is 0 Å². The smallest absolute Gasteiger partial charge is 0.336 e. The molecular weight excluding hydrogens is 186 g/mol. The van der Waals surface area contributed by atoms with Crippen LogP contribution in [0.2, 0.25) is 0 Å². The monoisotopic (exact) mass is 194 g/mol. The highest BCUT2D eigenvalue weighted by Crippen LogP contribution is 2.15. The van der Waals surface area contributed by atoms with Crippen molar-refractivity contribution >= 4 is 17.9 Å². The van der Waals surface area contributed by atoms with Gasteiger partial charge in [0.15, 0.2) is 5.60 Å². The number of carboxylic acid groups (broad SMARTS) is 3. The molecule has 0 aromatic rings. The van der Waals surface area contributed by atoms with Crippen molar-refractivity contribution in [2.75, 3.05) is 0 Å². The van der Waals surface area contributed by atoms with Gasteiger partial charge >= 0.3 is 17.9 Å². The number of hydrogen-bond donors (Lipinski definition) is 4. The molecule has 0 aliphatic heterocycles. The van der Waals surface area contributed by atoms with Gasteiger partial charge in [0.2, 0.25) is 0 Å². The third-order valence-electron chi connectivity index (χ3n) is 1.29. The van der Waals surface area contributed by atoms with E-state index in [0.717, 1.165) is 0 Å². The number of aliphatic hydroxyl groups is 1. The Bertz CT molecular complexity index is 227. The third kappa shape index (κ3) is 3.52. The van der Waals surface area contributed by atoms with E-state index in [2.05, 4.69) is 0 Å². The summed E-state index contributed by atoms with van der Waals surface area (Å²) in [5, 5.41) is 33.8. The van der Waals surface area contributed by atoms with Gasteiger partial charge in [-0.3, -0.25) is 9.59 Å². The molecule has 7 nitrogen and oxygen atoms in total. The van der Waals surface area contributed by atoms with Crippen LogP contribution in [0.3, 0.4) is 0 Å². The molecule has 0 saturated carbocycles. The predicted octanol–water partition coefficient (Wildman–Crippen LogP) is -1.25. The lowest BCUT2D eigenvalue weighted by atomic mass is 10.0. The molecular formula is C6H8O7. The quantitative estimate of drug-likeness (QED) is 0.402. The van der Waals surface area contributed by atoms with Crippen molar-refractivity contribution in [3.05, 3.63) is 0 Å². The van der Waals surface area contributed by atoms with Gasteiger partial charge in [0.25, 0.3) is 0 Å². The summed E-state index contributed by atoms with van der Waals surface area (Å²) in [5.74, 6) is -5.02. The molecule has 0 spiro atoms. The summed E-state index contributed by atoms with van der Waals surface area (Å²) >= 11 is 0. The Morgan fingerprint density at radius 3 is 1.38 bits per heavy atom. The fourth-order valence-electron chi connectivity index (χ4n) is 0.714. The summed E-state index contributed by atoms with van der Waals surface area (Å²) in [6.07, 6.45) is -2.29. The molecule has 13 heavy (non-hydrogen) atoms. The molecule has 4 N–H and O–H groups in total. The Kier molecular flexibility index (Phi) is 3.37. The van der Waals surface area contributed by atoms with Crippen molar-refractivity contribution in [2.45, 2.75) is 18.4 Å². The van der Waals surface area contributed by atoms with Gasteiger partial charge in [-0.05, 0) is 0 Å². The van der Waals surface area contributed by atoms with Gasteiger partial charge in [0.05, 0.1) is 12.8 Å². The van der Waals surface area contributed by atoms with E-state index >= 15 is 0 Å². The minimum absolute atomic E-state index is 1.14. The summed E-state index contributed by atoms with van der Waals surface area (Å²) < 4.78 is 0. The zero-order valence-electron chi connectivity index (χ0n) is 6.43. The molecule has 74 valence electrons. The zero-order chi connectivity index (χ0) is 10.6. The van der Waals surface area contributed by atoms with E-state index in [1.165, 1.54) is 0 Å². The van der Waals surface area contributed by atoms with Crippen molar-refractivity contribution in [1.29, 1.82) is 0 Å². The van der Waals surface area contributed by atoms with E-state index in [9.17, 15) is 14.4 Å². The number of aliphatic carboxylic acids is 3. The van der Waals surface area contributed by atoms with Gasteiger partial charge in [0, 0.05) is 0 Å². The van der Waals surface area contributed by atoms with Gasteiger partial charge in [-0.2, -0.15) is 0 Å². The second-order valence-electron chi connectivity index (χ2n) is 2.48. The molecule has 0 atom stereocenters. The fourth-order valence-corrected chi connectivity index (χ4v) is 0.714. The van der Waals surface area contributed by atoms with Crippen LogP contribution >= 0.6 is 0 Å². The highest BCUT2D eigenvalue weighted by molar-refractivity contribution is 5.88. The van der Waals surface area contributed by atoms with Gasteiger partial charge in [-0.1, -0.05) is 0 Å². The SMILES string of the molecule is O=C(O)C(O)(C[13C](=O)O)C[13C](=O)O. The largest absolute Gasteiger partial charge is 0.481 e. The molecule has 0 saturated heterocycles. The van der Waals surface area contributed by atoms with Gasteiger partial charge in [0.1, 0.15) is 0 Å². The van der Waals surface area contributed by atoms with E-state index in [1.807, 2.05) is 0 Å². The third-order valence-corrected chi connectivity index (χ3v) is 1.29. The van der Waals surface area contributed by atoms with Crippen LogP contribution < -0.4 is 0 Å². The minimum Gasteiger partial charge on any atom is -0.481 e. The van der Waals surface area contributed by atoms with Crippen molar-refractivity contribution < 1.29 is 34.8 Å². The molecule has 0 bridgehead atoms. The first-order chi connectivity index (χ1) is 5.78. The molecule has 0 aliphatic carbocycles. The van der Waals surface area contributed by atoms with Crippen LogP contribution in [0.1, 0.15) is 12.8 Å². The van der Waals surface area contributed by atoms with E-state index in [-0.39, 0.29) is 0 Å². The maximum absolute atomic E-state index is 10.3. The number of carboxylic acids is 3. The molecule has 0 rings (SSSR count). The summed E-state index contributed by atoms with van der Waals surface area (Å²) in [4.78, 5) is 30.5. The summed E-state index contributed by atoms with van der Waals surface area (Å²) in [5.41, 5.74) is -2.74. The van der Waals surface area contributed by atoms with Crippen LogP contribution in [0.5, 0.6) is 0 Å². The summed E-state index contributed by atoms with van der Waals surface area (Å²) in [6.45, 7) is 0. The van der Waals surface area contributed by atoms with E-state index in [0.29, 0.717) is 0 Å². The Balaban J connectivity index is 4.62. The molecule has 0 fully saturated rings. The second-order valence-corrected chi connectivity index (χ2v) is 2.48. The van der Waals surface area contributed by atoms with Crippen LogP contribution in [0.15, 0.2) is 0 Å². The Morgan fingerprint density at radius 2 is 1.23 bits per heavy atom. The molecule has 0 aromatic carbocycles. The fraction of sp³-hybridized carbons (Fsp3) is 0.500. The van der Waals surface area contributed by atoms with Crippen molar-refractivity contribution in [3.8, 4) is 0 Å². The lowest BCUT2D eigenvalue weighted by Gasteiger charge is -2.18. The molecule has 0 aliphatic rings. The van der Waals surface area contributed by atoms with Gasteiger partial charge in [-0.25, -0.2) is 4.79 Å². The lowest BCUT2D eigenvalue weighted by molar-refractivity contribution is -0.170. The normalized spacial score (nSPS) is 10.8. The second kappa shape index (κ2) is 3.85. The first-order valence-electron chi connectivity index (χ1n) is 3.17. The van der Waals surface area contributed by atoms with Crippen molar-refractivity contribution in [1.82, 2.24) is 0 Å². The molecule has 0 radical (unpaired) electrons. The molecule has 0 aromatic heterocycles. The number of carbonyl (C=O) groups is 3. The standard InChI is InChI=1S/C6H8O7/c7-3(8)1-6(13,5(11)12)2-4(9)10/h13H,1-2H2,(H,7,8)(H,9,10)(H,11,12)/i3+1,4+1. The minimum atomic E-state index is -2.74. The Morgan fingerprint density at radius 1 is 0.923 bits per heavy atom. The van der Waals surface area contributed by atoms with Crippen molar-refractivity contribution in [2.24, 2.45) is 0 Å². The van der Waals surface area contributed by atoms with Crippen LogP contribution in [0.4, 0.5) is 0 Å². The molecule has 0 heterocycles. The lowest BCUT2D eigenvalue weighted by Crippen LogP contribution is -2.42. The zero-order valence-corrected chi connectivity index (χ0v) is 6.43. The van der Waals surface area contributed by atoms with Crippen LogP contribution in [-0.2, 0) is 14.4 Å². The average molecular weight is 194 g/mol. The molecule has 7 heteroatoms. The maximum Gasteiger partial charge on any atom is 0.336 e. The number of rotatable bonds is 5.